The molecule has 2 aromatic heterocycles. The van der Waals surface area contributed by atoms with Gasteiger partial charge in [0.25, 0.3) is 5.89 Å². The van der Waals surface area contributed by atoms with Crippen molar-refractivity contribution in [1.82, 2.24) is 20.5 Å². The molecule has 2 rings (SSSR count). The topological polar surface area (TPSA) is 63.8 Å². The lowest BCUT2D eigenvalue weighted by molar-refractivity contribution is 0.482. The molecule has 0 saturated heterocycles. The van der Waals surface area contributed by atoms with Crippen LogP contribution in [-0.4, -0.2) is 21.7 Å². The van der Waals surface area contributed by atoms with Gasteiger partial charge in [-0.05, 0) is 20.4 Å². The Bertz CT molecular complexity index is 477. The van der Waals surface area contributed by atoms with E-state index in [1.54, 1.807) is 11.3 Å². The second-order valence-corrected chi connectivity index (χ2v) is 4.63. The highest BCUT2D eigenvalue weighted by atomic mass is 32.1. The summed E-state index contributed by atoms with van der Waals surface area (Å²) in [5, 5.41) is 12.2. The highest BCUT2D eigenvalue weighted by Gasteiger charge is 2.14. The van der Waals surface area contributed by atoms with Crippen LogP contribution in [0.5, 0.6) is 0 Å². The smallest absolute Gasteiger partial charge is 0.259 e. The zero-order valence-electron chi connectivity index (χ0n) is 9.57. The number of aryl methyl sites for hydroxylation is 2. The monoisotopic (exact) mass is 238 g/mol. The maximum absolute atomic E-state index is 5.55. The molecule has 0 aliphatic heterocycles. The summed E-state index contributed by atoms with van der Waals surface area (Å²) in [4.78, 5) is 5.30. The molecule has 0 amide bonds. The predicted molar refractivity (Wildman–Crippen MR) is 62.3 cm³/mol. The highest BCUT2D eigenvalue weighted by molar-refractivity contribution is 7.15. The number of rotatable bonds is 4. The third-order valence-electron chi connectivity index (χ3n) is 2.09. The van der Waals surface area contributed by atoms with Crippen molar-refractivity contribution in [2.75, 3.05) is 6.54 Å². The van der Waals surface area contributed by atoms with Crippen molar-refractivity contribution >= 4 is 11.3 Å². The van der Waals surface area contributed by atoms with E-state index in [-0.39, 0.29) is 0 Å². The Morgan fingerprint density at radius 3 is 2.75 bits per heavy atom. The summed E-state index contributed by atoms with van der Waals surface area (Å²) in [6, 6.07) is 0. The molecule has 0 bridgehead atoms. The third-order valence-corrected chi connectivity index (χ3v) is 3.15. The van der Waals surface area contributed by atoms with Crippen molar-refractivity contribution in [1.29, 1.82) is 0 Å². The van der Waals surface area contributed by atoms with E-state index in [9.17, 15) is 0 Å². The van der Waals surface area contributed by atoms with E-state index < -0.39 is 0 Å². The molecule has 0 aliphatic carbocycles. The Balaban J connectivity index is 2.21. The summed E-state index contributed by atoms with van der Waals surface area (Å²) in [6.07, 6.45) is 0. The van der Waals surface area contributed by atoms with Gasteiger partial charge in [-0.3, -0.25) is 0 Å². The van der Waals surface area contributed by atoms with Crippen LogP contribution in [0.3, 0.4) is 0 Å². The van der Waals surface area contributed by atoms with Crippen LogP contribution in [0.15, 0.2) is 4.42 Å². The Kier molecular flexibility index (Phi) is 3.31. The Labute approximate surface area is 97.9 Å². The highest BCUT2D eigenvalue weighted by Crippen LogP contribution is 2.28. The van der Waals surface area contributed by atoms with Crippen molar-refractivity contribution in [3.63, 3.8) is 0 Å². The lowest BCUT2D eigenvalue weighted by Crippen LogP contribution is -2.11. The van der Waals surface area contributed by atoms with Crippen LogP contribution in [0.4, 0.5) is 0 Å². The van der Waals surface area contributed by atoms with Crippen LogP contribution in [0, 0.1) is 13.8 Å². The number of hydrogen-bond donors (Lipinski definition) is 1. The Hall–Kier alpha value is -1.27. The van der Waals surface area contributed by atoms with Crippen LogP contribution in [0.2, 0.25) is 0 Å². The van der Waals surface area contributed by atoms with Gasteiger partial charge in [0, 0.05) is 0 Å². The van der Waals surface area contributed by atoms with Crippen LogP contribution in [0.25, 0.3) is 10.8 Å². The molecule has 2 heterocycles. The number of nitrogens with zero attached hydrogens (tertiary/aromatic N) is 3. The van der Waals surface area contributed by atoms with E-state index in [0.29, 0.717) is 18.3 Å². The van der Waals surface area contributed by atoms with Crippen molar-refractivity contribution < 1.29 is 4.42 Å². The number of nitrogens with one attached hydrogen (secondary N) is 1. The largest absolute Gasteiger partial charge is 0.418 e. The molecule has 2 aromatic rings. The first-order valence-corrected chi connectivity index (χ1v) is 6.00. The molecule has 0 spiro atoms. The van der Waals surface area contributed by atoms with Gasteiger partial charge < -0.3 is 9.73 Å². The van der Waals surface area contributed by atoms with E-state index in [0.717, 1.165) is 22.1 Å². The lowest BCUT2D eigenvalue weighted by atomic mass is 10.4. The number of hydrogen-bond acceptors (Lipinski definition) is 6. The molecule has 86 valence electrons. The summed E-state index contributed by atoms with van der Waals surface area (Å²) in [5.41, 5.74) is 0.946. The lowest BCUT2D eigenvalue weighted by Gasteiger charge is -1.93. The molecule has 1 N–H and O–H groups in total. The van der Waals surface area contributed by atoms with Gasteiger partial charge in [0.15, 0.2) is 0 Å². The van der Waals surface area contributed by atoms with Gasteiger partial charge in [-0.25, -0.2) is 4.98 Å². The third kappa shape index (κ3) is 2.28. The molecule has 0 fully saturated rings. The van der Waals surface area contributed by atoms with Gasteiger partial charge >= 0.3 is 0 Å². The maximum Gasteiger partial charge on any atom is 0.259 e. The molecule has 0 unspecified atom stereocenters. The van der Waals surface area contributed by atoms with E-state index in [1.807, 2.05) is 20.8 Å². The summed E-state index contributed by atoms with van der Waals surface area (Å²) in [6.45, 7) is 7.45. The molecule has 0 saturated carbocycles. The number of thiazole rings is 1. The average Bonchev–Trinajstić information content (AvgIpc) is 2.82. The normalized spacial score (nSPS) is 10.9. The van der Waals surface area contributed by atoms with Crippen molar-refractivity contribution in [3.05, 3.63) is 16.6 Å². The second-order valence-electron chi connectivity index (χ2n) is 3.43. The van der Waals surface area contributed by atoms with Gasteiger partial charge in [-0.2, -0.15) is 0 Å². The summed E-state index contributed by atoms with van der Waals surface area (Å²) in [5.74, 6) is 1.18. The molecule has 5 nitrogen and oxygen atoms in total. The Morgan fingerprint density at radius 1 is 1.31 bits per heavy atom. The fraction of sp³-hybridized carbons (Fsp3) is 0.500. The molecule has 0 radical (unpaired) electrons. The van der Waals surface area contributed by atoms with Gasteiger partial charge in [-0.15, -0.1) is 21.5 Å². The minimum absolute atomic E-state index is 0.566. The Morgan fingerprint density at radius 2 is 2.12 bits per heavy atom. The van der Waals surface area contributed by atoms with E-state index in [1.165, 1.54) is 0 Å². The fourth-order valence-corrected chi connectivity index (χ4v) is 2.22. The zero-order chi connectivity index (χ0) is 11.5. The standard InChI is InChI=1S/C10H14N4OS/c1-4-11-5-8-13-14-10(15-8)9-6(2)12-7(3)16-9/h11H,4-5H2,1-3H3. The molecule has 0 aromatic carbocycles. The first kappa shape index (κ1) is 11.2. The molecular weight excluding hydrogens is 224 g/mol. The molecule has 6 heteroatoms. The summed E-state index contributed by atoms with van der Waals surface area (Å²) in [7, 11) is 0. The fourth-order valence-electron chi connectivity index (χ4n) is 1.38. The summed E-state index contributed by atoms with van der Waals surface area (Å²) >= 11 is 1.58. The van der Waals surface area contributed by atoms with Crippen molar-refractivity contribution in [2.45, 2.75) is 27.3 Å². The van der Waals surface area contributed by atoms with E-state index in [4.69, 9.17) is 4.42 Å². The minimum atomic E-state index is 0.566. The van der Waals surface area contributed by atoms with Crippen LogP contribution >= 0.6 is 11.3 Å². The van der Waals surface area contributed by atoms with Crippen molar-refractivity contribution in [2.24, 2.45) is 0 Å². The first-order valence-electron chi connectivity index (χ1n) is 5.18. The van der Waals surface area contributed by atoms with Gasteiger partial charge in [0.2, 0.25) is 5.89 Å². The summed E-state index contributed by atoms with van der Waals surface area (Å²) < 4.78 is 5.55. The second kappa shape index (κ2) is 4.71. The van der Waals surface area contributed by atoms with Crippen LogP contribution in [0.1, 0.15) is 23.5 Å². The van der Waals surface area contributed by atoms with Crippen molar-refractivity contribution in [3.8, 4) is 10.8 Å². The SMILES string of the molecule is CCNCc1nnc(-c2sc(C)nc2C)o1. The molecular formula is C10H14N4OS. The molecule has 0 aliphatic rings. The number of aromatic nitrogens is 3. The van der Waals surface area contributed by atoms with Crippen LogP contribution < -0.4 is 5.32 Å². The van der Waals surface area contributed by atoms with Gasteiger partial charge in [-0.1, -0.05) is 6.92 Å². The maximum atomic E-state index is 5.55. The van der Waals surface area contributed by atoms with E-state index in [2.05, 4.69) is 20.5 Å². The quantitative estimate of drug-likeness (QED) is 0.881. The molecule has 16 heavy (non-hydrogen) atoms. The van der Waals surface area contributed by atoms with E-state index >= 15 is 0 Å². The van der Waals surface area contributed by atoms with Gasteiger partial charge in [0.1, 0.15) is 4.88 Å². The zero-order valence-corrected chi connectivity index (χ0v) is 10.4. The molecule has 0 atom stereocenters. The predicted octanol–water partition coefficient (Wildman–Crippen LogP) is 1.92. The van der Waals surface area contributed by atoms with Crippen LogP contribution in [-0.2, 0) is 6.54 Å². The first-order chi connectivity index (χ1) is 7.70. The average molecular weight is 238 g/mol. The minimum Gasteiger partial charge on any atom is -0.418 e. The van der Waals surface area contributed by atoms with Gasteiger partial charge in [0.05, 0.1) is 17.2 Å².